The highest BCUT2D eigenvalue weighted by molar-refractivity contribution is 5.62. The van der Waals surface area contributed by atoms with E-state index in [4.69, 9.17) is 5.26 Å². The van der Waals surface area contributed by atoms with Crippen molar-refractivity contribution in [1.82, 2.24) is 0 Å². The number of halogens is 3. The average Bonchev–Trinajstić information content (AvgIpc) is 2.45. The molecule has 6 heteroatoms. The van der Waals surface area contributed by atoms with Crippen LogP contribution < -0.4 is 4.90 Å². The van der Waals surface area contributed by atoms with Gasteiger partial charge in [0, 0.05) is 6.54 Å². The first-order valence-corrected chi connectivity index (χ1v) is 6.47. The fraction of sp³-hybridized carbons (Fsp3) is 0.500. The van der Waals surface area contributed by atoms with Crippen molar-refractivity contribution in [2.24, 2.45) is 0 Å². The number of nitrogens with zero attached hydrogens (tertiary/aromatic N) is 2. The number of aliphatic hydroxyl groups excluding tert-OH is 1. The van der Waals surface area contributed by atoms with Crippen molar-refractivity contribution < 1.29 is 18.3 Å². The fourth-order valence-electron chi connectivity index (χ4n) is 2.68. The number of hydrogen-bond acceptors (Lipinski definition) is 3. The van der Waals surface area contributed by atoms with Crippen LogP contribution in [0.25, 0.3) is 0 Å². The molecule has 1 aliphatic heterocycles. The number of rotatable bonds is 2. The van der Waals surface area contributed by atoms with E-state index in [0.717, 1.165) is 12.8 Å². The van der Waals surface area contributed by atoms with Crippen LogP contribution in [-0.4, -0.2) is 24.3 Å². The first-order chi connectivity index (χ1) is 9.49. The molecular weight excluding hydrogens is 269 g/mol. The van der Waals surface area contributed by atoms with Crippen LogP contribution in [-0.2, 0) is 6.18 Å². The van der Waals surface area contributed by atoms with Crippen LogP contribution >= 0.6 is 0 Å². The lowest BCUT2D eigenvalue weighted by molar-refractivity contribution is -0.137. The Morgan fingerprint density at radius 3 is 2.70 bits per heavy atom. The van der Waals surface area contributed by atoms with Gasteiger partial charge in [0.2, 0.25) is 0 Å². The Labute approximate surface area is 115 Å². The molecule has 0 spiro atoms. The van der Waals surface area contributed by atoms with Gasteiger partial charge in [0.1, 0.15) is 0 Å². The second kappa shape index (κ2) is 5.71. The van der Waals surface area contributed by atoms with Crippen LogP contribution in [0.15, 0.2) is 18.2 Å². The molecule has 1 unspecified atom stereocenters. The van der Waals surface area contributed by atoms with Crippen LogP contribution in [0.5, 0.6) is 0 Å². The zero-order valence-electron chi connectivity index (χ0n) is 10.8. The molecular formula is C14H15F3N2O. The van der Waals surface area contributed by atoms with Crippen LogP contribution in [0.2, 0.25) is 0 Å². The van der Waals surface area contributed by atoms with Crippen molar-refractivity contribution in [3.63, 3.8) is 0 Å². The summed E-state index contributed by atoms with van der Waals surface area (Å²) in [4.78, 5) is 1.58. The average molecular weight is 284 g/mol. The van der Waals surface area contributed by atoms with E-state index in [1.165, 1.54) is 18.2 Å². The van der Waals surface area contributed by atoms with E-state index in [-0.39, 0.29) is 23.9 Å². The number of aliphatic hydroxyl groups is 1. The molecule has 1 aromatic rings. The van der Waals surface area contributed by atoms with Gasteiger partial charge in [-0.05, 0) is 31.4 Å². The van der Waals surface area contributed by atoms with Crippen LogP contribution in [0.3, 0.4) is 0 Å². The topological polar surface area (TPSA) is 47.3 Å². The Balaban J connectivity index is 2.53. The summed E-state index contributed by atoms with van der Waals surface area (Å²) >= 11 is 0. The predicted molar refractivity (Wildman–Crippen MR) is 68.2 cm³/mol. The number of anilines is 1. The number of benzene rings is 1. The Hall–Kier alpha value is -1.74. The molecule has 2 rings (SSSR count). The Morgan fingerprint density at radius 2 is 2.10 bits per heavy atom. The maximum atomic E-state index is 13.2. The summed E-state index contributed by atoms with van der Waals surface area (Å²) in [7, 11) is 0. The number of nitriles is 1. The van der Waals surface area contributed by atoms with E-state index >= 15 is 0 Å². The minimum atomic E-state index is -4.58. The normalized spacial score (nSPS) is 19.8. The molecule has 1 N–H and O–H groups in total. The fourth-order valence-corrected chi connectivity index (χ4v) is 2.68. The second-order valence-corrected chi connectivity index (χ2v) is 4.83. The third kappa shape index (κ3) is 2.73. The summed E-state index contributed by atoms with van der Waals surface area (Å²) in [5.74, 6) is 0. The van der Waals surface area contributed by atoms with Crippen molar-refractivity contribution in [3.8, 4) is 6.07 Å². The summed E-state index contributed by atoms with van der Waals surface area (Å²) in [6, 6.07) is 5.28. The molecule has 0 radical (unpaired) electrons. The molecule has 3 nitrogen and oxygen atoms in total. The van der Waals surface area contributed by atoms with Crippen molar-refractivity contribution in [2.45, 2.75) is 31.5 Å². The Bertz CT molecular complexity index is 522. The molecule has 1 aliphatic rings. The molecule has 108 valence electrons. The van der Waals surface area contributed by atoms with Gasteiger partial charge in [-0.3, -0.25) is 0 Å². The highest BCUT2D eigenvalue weighted by Crippen LogP contribution is 2.40. The SMILES string of the molecule is N#Cc1cccc(N2CCCCC2CO)c1C(F)(F)F. The first kappa shape index (κ1) is 14.7. The second-order valence-electron chi connectivity index (χ2n) is 4.83. The van der Waals surface area contributed by atoms with Gasteiger partial charge in [0.25, 0.3) is 0 Å². The lowest BCUT2D eigenvalue weighted by Gasteiger charge is -2.38. The van der Waals surface area contributed by atoms with E-state index in [9.17, 15) is 18.3 Å². The molecule has 0 aromatic heterocycles. The standard InChI is InChI=1S/C14H15F3N2O/c15-14(16,17)13-10(8-18)4-3-6-12(13)19-7-2-1-5-11(19)9-20/h3-4,6,11,20H,1-2,5,7,9H2. The summed E-state index contributed by atoms with van der Waals surface area (Å²) in [6.07, 6.45) is -2.25. The van der Waals surface area contributed by atoms with Crippen molar-refractivity contribution >= 4 is 5.69 Å². The lowest BCUT2D eigenvalue weighted by Crippen LogP contribution is -2.43. The van der Waals surface area contributed by atoms with E-state index in [0.29, 0.717) is 13.0 Å². The zero-order valence-corrected chi connectivity index (χ0v) is 10.8. The maximum absolute atomic E-state index is 13.2. The lowest BCUT2D eigenvalue weighted by atomic mass is 9.98. The van der Waals surface area contributed by atoms with E-state index in [2.05, 4.69) is 0 Å². The van der Waals surface area contributed by atoms with Gasteiger partial charge < -0.3 is 10.0 Å². The minimum Gasteiger partial charge on any atom is -0.394 e. The molecule has 1 heterocycles. The third-order valence-corrected chi connectivity index (χ3v) is 3.59. The van der Waals surface area contributed by atoms with E-state index in [1.54, 1.807) is 11.0 Å². The Kier molecular flexibility index (Phi) is 4.19. The van der Waals surface area contributed by atoms with Gasteiger partial charge >= 0.3 is 6.18 Å². The maximum Gasteiger partial charge on any atom is 0.419 e. The van der Waals surface area contributed by atoms with Gasteiger partial charge in [-0.1, -0.05) is 6.07 Å². The molecule has 0 aliphatic carbocycles. The van der Waals surface area contributed by atoms with Gasteiger partial charge in [0.05, 0.1) is 35.5 Å². The molecule has 1 fully saturated rings. The molecule has 1 atom stereocenters. The number of alkyl halides is 3. The molecule has 20 heavy (non-hydrogen) atoms. The summed E-state index contributed by atoms with van der Waals surface area (Å²) in [5, 5.41) is 18.3. The summed E-state index contributed by atoms with van der Waals surface area (Å²) in [5.41, 5.74) is -1.28. The third-order valence-electron chi connectivity index (χ3n) is 3.59. The number of hydrogen-bond donors (Lipinski definition) is 1. The van der Waals surface area contributed by atoms with Gasteiger partial charge in [-0.15, -0.1) is 0 Å². The van der Waals surface area contributed by atoms with Crippen molar-refractivity contribution in [2.75, 3.05) is 18.1 Å². The minimum absolute atomic E-state index is 0.00435. The van der Waals surface area contributed by atoms with Gasteiger partial charge in [-0.2, -0.15) is 18.4 Å². The smallest absolute Gasteiger partial charge is 0.394 e. The van der Waals surface area contributed by atoms with E-state index < -0.39 is 11.7 Å². The highest BCUT2D eigenvalue weighted by Gasteiger charge is 2.39. The molecule has 1 aromatic carbocycles. The molecule has 0 bridgehead atoms. The summed E-state index contributed by atoms with van der Waals surface area (Å²) in [6.45, 7) is 0.275. The van der Waals surface area contributed by atoms with Crippen LogP contribution in [0, 0.1) is 11.3 Å². The molecule has 1 saturated heterocycles. The van der Waals surface area contributed by atoms with Crippen LogP contribution in [0.4, 0.5) is 18.9 Å². The Morgan fingerprint density at radius 1 is 1.35 bits per heavy atom. The number of piperidine rings is 1. The van der Waals surface area contributed by atoms with Gasteiger partial charge in [-0.25, -0.2) is 0 Å². The quantitative estimate of drug-likeness (QED) is 0.908. The van der Waals surface area contributed by atoms with Crippen molar-refractivity contribution in [1.29, 1.82) is 5.26 Å². The van der Waals surface area contributed by atoms with E-state index in [1.807, 2.05) is 0 Å². The monoisotopic (exact) mass is 284 g/mol. The summed E-state index contributed by atoms with van der Waals surface area (Å²) < 4.78 is 39.7. The van der Waals surface area contributed by atoms with Gasteiger partial charge in [0.15, 0.2) is 0 Å². The van der Waals surface area contributed by atoms with Crippen molar-refractivity contribution in [3.05, 3.63) is 29.3 Å². The largest absolute Gasteiger partial charge is 0.419 e. The predicted octanol–water partition coefficient (Wildman–Crippen LogP) is 2.93. The molecule has 0 saturated carbocycles. The zero-order chi connectivity index (χ0) is 14.8. The molecule has 0 amide bonds. The first-order valence-electron chi connectivity index (χ1n) is 6.47. The highest BCUT2D eigenvalue weighted by atomic mass is 19.4. The van der Waals surface area contributed by atoms with Crippen LogP contribution in [0.1, 0.15) is 30.4 Å².